The van der Waals surface area contributed by atoms with Gasteiger partial charge in [-0.25, -0.2) is 0 Å². The fraction of sp³-hybridized carbons (Fsp3) is 0.548. The van der Waals surface area contributed by atoms with E-state index in [2.05, 4.69) is 61.2 Å². The molecule has 2 aromatic carbocycles. The van der Waals surface area contributed by atoms with Crippen molar-refractivity contribution in [3.05, 3.63) is 42.5 Å². The molecule has 0 atom stereocenters. The number of hydrogen-bond donors (Lipinski definition) is 0. The van der Waals surface area contributed by atoms with Crippen molar-refractivity contribution in [1.82, 2.24) is 0 Å². The van der Waals surface area contributed by atoms with Crippen LogP contribution in [0, 0.1) is 0 Å². The molecule has 0 N–H and O–H groups in total. The molecule has 0 bridgehead atoms. The van der Waals surface area contributed by atoms with Crippen LogP contribution in [0.4, 0.5) is 5.69 Å². The second-order valence-electron chi connectivity index (χ2n) is 10.4. The Morgan fingerprint density at radius 2 is 1.49 bits per heavy atom. The summed E-state index contributed by atoms with van der Waals surface area (Å²) in [6.07, 6.45) is 14.4. The largest absolute Gasteiger partial charge is 0.497 e. The number of fused-ring (bicyclic) bond motifs is 1. The molecule has 0 amide bonds. The van der Waals surface area contributed by atoms with Gasteiger partial charge in [0.1, 0.15) is 5.75 Å². The predicted octanol–water partition coefficient (Wildman–Crippen LogP) is 9.20. The van der Waals surface area contributed by atoms with E-state index in [1.165, 1.54) is 90.4 Å². The third-order valence-electron chi connectivity index (χ3n) is 8.31. The quantitative estimate of drug-likeness (QED) is 0.282. The lowest BCUT2D eigenvalue weighted by atomic mass is 9.99. The average Bonchev–Trinajstić information content (AvgIpc) is 3.34. The highest BCUT2D eigenvalue weighted by atomic mass is 32.1. The molecule has 2 nitrogen and oxygen atoms in total. The Morgan fingerprint density at radius 3 is 2.09 bits per heavy atom. The molecule has 1 heterocycles. The molecule has 35 heavy (non-hydrogen) atoms. The monoisotopic (exact) mass is 507 g/mol. The molecule has 0 saturated heterocycles. The van der Waals surface area contributed by atoms with Crippen molar-refractivity contribution >= 4 is 40.3 Å². The number of nitrogens with zero attached hydrogens (tertiary/aromatic N) is 1. The second kappa shape index (κ2) is 11.7. The molecule has 0 aliphatic heterocycles. The van der Waals surface area contributed by atoms with Crippen molar-refractivity contribution in [2.24, 2.45) is 0 Å². The lowest BCUT2D eigenvalue weighted by Gasteiger charge is -2.40. The summed E-state index contributed by atoms with van der Waals surface area (Å²) in [4.78, 5) is 3.98. The normalized spacial score (nSPS) is 17.8. The van der Waals surface area contributed by atoms with Crippen molar-refractivity contribution in [2.45, 2.75) is 89.4 Å². The van der Waals surface area contributed by atoms with E-state index in [4.69, 9.17) is 4.74 Å². The molecular weight excluding hydrogens is 465 g/mol. The molecule has 188 valence electrons. The van der Waals surface area contributed by atoms with E-state index < -0.39 is 0 Å². The van der Waals surface area contributed by atoms with Crippen LogP contribution in [0.3, 0.4) is 0 Å². The molecule has 5 rings (SSSR count). The average molecular weight is 508 g/mol. The predicted molar refractivity (Wildman–Crippen MR) is 158 cm³/mol. The Balaban J connectivity index is 1.65. The Bertz CT molecular complexity index is 1090. The van der Waals surface area contributed by atoms with Gasteiger partial charge in [0.15, 0.2) is 0 Å². The third-order valence-corrected chi connectivity index (χ3v) is 13.0. The first-order chi connectivity index (χ1) is 17.2. The van der Waals surface area contributed by atoms with Crippen LogP contribution >= 0.6 is 19.3 Å². The molecule has 4 heteroatoms. The molecule has 2 saturated carbocycles. The van der Waals surface area contributed by atoms with Crippen LogP contribution in [0.15, 0.2) is 42.5 Å². The van der Waals surface area contributed by atoms with E-state index in [1.807, 2.05) is 11.3 Å². The van der Waals surface area contributed by atoms with Crippen LogP contribution in [-0.2, 0) is 0 Å². The summed E-state index contributed by atoms with van der Waals surface area (Å²) in [5.41, 5.74) is 4.75. The topological polar surface area (TPSA) is 12.5 Å². The summed E-state index contributed by atoms with van der Waals surface area (Å²) in [5, 5.41) is 3.02. The fourth-order valence-electron chi connectivity index (χ4n) is 6.42. The summed E-state index contributed by atoms with van der Waals surface area (Å²) in [5.74, 6) is 0.950. The molecule has 0 spiro atoms. The Morgan fingerprint density at radius 1 is 0.829 bits per heavy atom. The summed E-state index contributed by atoms with van der Waals surface area (Å²) >= 11 is 1.96. The maximum absolute atomic E-state index is 5.53. The maximum Gasteiger partial charge on any atom is 0.119 e. The highest BCUT2D eigenvalue weighted by molar-refractivity contribution is 7.67. The van der Waals surface area contributed by atoms with E-state index in [0.29, 0.717) is 0 Å². The fourth-order valence-corrected chi connectivity index (χ4v) is 11.6. The van der Waals surface area contributed by atoms with Gasteiger partial charge in [-0.2, -0.15) is 0 Å². The minimum Gasteiger partial charge on any atom is -0.497 e. The van der Waals surface area contributed by atoms with Crippen molar-refractivity contribution < 1.29 is 4.74 Å². The zero-order valence-corrected chi connectivity index (χ0v) is 23.6. The van der Waals surface area contributed by atoms with Crippen LogP contribution in [0.25, 0.3) is 20.5 Å². The second-order valence-corrected chi connectivity index (χ2v) is 14.2. The van der Waals surface area contributed by atoms with E-state index >= 15 is 0 Å². The van der Waals surface area contributed by atoms with Gasteiger partial charge >= 0.3 is 0 Å². The SMILES string of the molecule is CCN(CC)c1ccc(-c2cc3cc(OC)ccc3s2)c(P(C2CCCCC2)C2CCCCC2)c1. The van der Waals surface area contributed by atoms with Gasteiger partial charge < -0.3 is 9.64 Å². The minimum atomic E-state index is -0.171. The molecule has 3 aromatic rings. The van der Waals surface area contributed by atoms with Crippen molar-refractivity contribution in [2.75, 3.05) is 25.1 Å². The highest BCUT2D eigenvalue weighted by Gasteiger charge is 2.34. The minimum absolute atomic E-state index is 0.171. The number of ether oxygens (including phenoxy) is 1. The number of rotatable bonds is 8. The Hall–Kier alpha value is -1.57. The summed E-state index contributed by atoms with van der Waals surface area (Å²) in [6.45, 7) is 6.73. The molecule has 2 fully saturated rings. The maximum atomic E-state index is 5.53. The number of thiophene rings is 1. The van der Waals surface area contributed by atoms with Crippen molar-refractivity contribution in [1.29, 1.82) is 0 Å². The van der Waals surface area contributed by atoms with E-state index in [1.54, 1.807) is 12.4 Å². The standard InChI is InChI=1S/C31H42NOPS/c1-4-32(5-2)24-16-18-28(31-21-23-20-25(33-3)17-19-30(23)35-31)29(22-24)34(26-12-8-6-9-13-26)27-14-10-7-11-15-27/h16-22,26-27H,4-15H2,1-3H3. The smallest absolute Gasteiger partial charge is 0.119 e. The lowest BCUT2D eigenvalue weighted by Crippen LogP contribution is -2.28. The van der Waals surface area contributed by atoms with Gasteiger partial charge in [0, 0.05) is 28.4 Å². The number of hydrogen-bond acceptors (Lipinski definition) is 3. The molecule has 0 radical (unpaired) electrons. The number of methoxy groups -OCH3 is 1. The summed E-state index contributed by atoms with van der Waals surface area (Å²) in [7, 11) is 1.59. The van der Waals surface area contributed by atoms with Crippen molar-refractivity contribution in [3.8, 4) is 16.2 Å². The van der Waals surface area contributed by atoms with Gasteiger partial charge in [0.2, 0.25) is 0 Å². The van der Waals surface area contributed by atoms with Gasteiger partial charge in [-0.05, 0) is 104 Å². The molecular formula is C31H42NOPS. The lowest BCUT2D eigenvalue weighted by molar-refractivity contribution is 0.415. The van der Waals surface area contributed by atoms with Gasteiger partial charge in [-0.15, -0.1) is 11.3 Å². The van der Waals surface area contributed by atoms with E-state index in [-0.39, 0.29) is 7.92 Å². The molecule has 0 unspecified atom stereocenters. The molecule has 2 aliphatic rings. The first-order valence-electron chi connectivity index (χ1n) is 14.0. The Kier molecular flexibility index (Phi) is 8.36. The van der Waals surface area contributed by atoms with E-state index in [9.17, 15) is 0 Å². The van der Waals surface area contributed by atoms with Crippen LogP contribution in [0.1, 0.15) is 78.1 Å². The number of anilines is 1. The van der Waals surface area contributed by atoms with Gasteiger partial charge in [0.25, 0.3) is 0 Å². The van der Waals surface area contributed by atoms with Gasteiger partial charge in [-0.3, -0.25) is 0 Å². The molecule has 2 aliphatic carbocycles. The molecule has 1 aromatic heterocycles. The third kappa shape index (κ3) is 5.42. The van der Waals surface area contributed by atoms with Crippen LogP contribution in [0.5, 0.6) is 5.75 Å². The Labute approximate surface area is 217 Å². The summed E-state index contributed by atoms with van der Waals surface area (Å²) < 4.78 is 6.89. The van der Waals surface area contributed by atoms with E-state index in [0.717, 1.165) is 30.2 Å². The zero-order valence-electron chi connectivity index (χ0n) is 21.9. The summed E-state index contributed by atoms with van der Waals surface area (Å²) in [6, 6.07) is 16.5. The van der Waals surface area contributed by atoms with Crippen LogP contribution in [0.2, 0.25) is 0 Å². The van der Waals surface area contributed by atoms with Crippen LogP contribution in [-0.4, -0.2) is 31.5 Å². The first-order valence-corrected chi connectivity index (χ1v) is 16.3. The van der Waals surface area contributed by atoms with Crippen LogP contribution < -0.4 is 14.9 Å². The van der Waals surface area contributed by atoms with Crippen molar-refractivity contribution in [3.63, 3.8) is 0 Å². The first kappa shape index (κ1) is 25.1. The zero-order chi connectivity index (χ0) is 24.2. The number of benzene rings is 2. The highest BCUT2D eigenvalue weighted by Crippen LogP contribution is 2.57. The van der Waals surface area contributed by atoms with Gasteiger partial charge in [-0.1, -0.05) is 52.5 Å². The van der Waals surface area contributed by atoms with Gasteiger partial charge in [0.05, 0.1) is 7.11 Å².